The Morgan fingerprint density at radius 1 is 1.06 bits per heavy atom. The lowest BCUT2D eigenvalue weighted by atomic mass is 10.1. The van der Waals surface area contributed by atoms with Gasteiger partial charge in [-0.05, 0) is 53.6 Å². The second kappa shape index (κ2) is 11.6. The molecule has 3 aromatic rings. The maximum atomic E-state index is 12.9. The summed E-state index contributed by atoms with van der Waals surface area (Å²) >= 11 is 7.45. The van der Waals surface area contributed by atoms with E-state index in [4.69, 9.17) is 26.2 Å². The topological polar surface area (TPSA) is 102 Å². The molecule has 7 nitrogen and oxygen atoms in total. The molecule has 35 heavy (non-hydrogen) atoms. The van der Waals surface area contributed by atoms with Crippen LogP contribution in [-0.2, 0) is 25.2 Å². The lowest BCUT2D eigenvalue weighted by Gasteiger charge is -2.20. The maximum Gasteiger partial charge on any atom is 0.335 e. The summed E-state index contributed by atoms with van der Waals surface area (Å²) < 4.78 is 39.7. The van der Waals surface area contributed by atoms with Gasteiger partial charge in [0.1, 0.15) is 0 Å². The Bertz CT molecular complexity index is 1260. The van der Waals surface area contributed by atoms with Crippen molar-refractivity contribution in [3.8, 4) is 0 Å². The molecule has 1 fully saturated rings. The van der Waals surface area contributed by atoms with E-state index in [1.807, 2.05) is 24.3 Å². The first-order valence-electron chi connectivity index (χ1n) is 10.8. The van der Waals surface area contributed by atoms with Gasteiger partial charge in [-0.2, -0.15) is 0 Å². The molecule has 4 rings (SSSR count). The van der Waals surface area contributed by atoms with Gasteiger partial charge in [-0.1, -0.05) is 41.9 Å². The quantitative estimate of drug-likeness (QED) is 0.376. The Kier molecular flexibility index (Phi) is 8.48. The van der Waals surface area contributed by atoms with E-state index in [0.717, 1.165) is 16.7 Å². The fourth-order valence-corrected chi connectivity index (χ4v) is 5.96. The van der Waals surface area contributed by atoms with E-state index in [9.17, 15) is 13.2 Å². The number of halogens is 1. The van der Waals surface area contributed by atoms with Gasteiger partial charge in [0, 0.05) is 28.1 Å². The number of thioether (sulfide) groups is 1. The largest absolute Gasteiger partial charge is 0.478 e. The summed E-state index contributed by atoms with van der Waals surface area (Å²) in [6, 6.07) is 20.4. The summed E-state index contributed by atoms with van der Waals surface area (Å²) in [7, 11) is -3.74. The van der Waals surface area contributed by atoms with Crippen molar-refractivity contribution in [3.05, 3.63) is 100 Å². The van der Waals surface area contributed by atoms with Crippen LogP contribution in [0.25, 0.3) is 0 Å². The minimum atomic E-state index is -3.74. The molecule has 0 spiro atoms. The standard InChI is InChI=1S/C25H24ClNO6S2/c26-21-8-10-22(11-9-21)35(30,31)27-15-23(34-16-17-4-6-18(7-5-17)24(28)29)19-2-1-3-20(14-19)25-32-12-13-33-25/h1-11,14,23,25,27H,12-13,15-16H2,(H,28,29). The smallest absolute Gasteiger partial charge is 0.335 e. The van der Waals surface area contributed by atoms with Crippen LogP contribution in [0.15, 0.2) is 77.7 Å². The molecule has 1 aliphatic heterocycles. The molecule has 0 amide bonds. The molecule has 0 bridgehead atoms. The Balaban J connectivity index is 1.53. The summed E-state index contributed by atoms with van der Waals surface area (Å²) in [5.74, 6) is -0.416. The summed E-state index contributed by atoms with van der Waals surface area (Å²) in [6.45, 7) is 1.21. The molecular weight excluding hydrogens is 510 g/mol. The van der Waals surface area contributed by atoms with Crippen LogP contribution in [0.2, 0.25) is 5.02 Å². The third-order valence-electron chi connectivity index (χ3n) is 5.41. The average Bonchev–Trinajstić information content (AvgIpc) is 3.40. The number of carboxylic acids is 1. The molecule has 1 atom stereocenters. The third-order valence-corrected chi connectivity index (χ3v) is 8.44. The second-order valence-electron chi connectivity index (χ2n) is 7.85. The lowest BCUT2D eigenvalue weighted by molar-refractivity contribution is -0.0441. The monoisotopic (exact) mass is 533 g/mol. The number of nitrogens with one attached hydrogen (secondary N) is 1. The molecule has 2 N–H and O–H groups in total. The van der Waals surface area contributed by atoms with Crippen molar-refractivity contribution in [1.29, 1.82) is 0 Å². The molecule has 3 aromatic carbocycles. The average molecular weight is 534 g/mol. The first kappa shape index (κ1) is 25.7. The fourth-order valence-electron chi connectivity index (χ4n) is 3.55. The molecule has 10 heteroatoms. The first-order valence-corrected chi connectivity index (χ1v) is 13.7. The number of rotatable bonds is 10. The van der Waals surface area contributed by atoms with E-state index in [0.29, 0.717) is 24.0 Å². The zero-order chi connectivity index (χ0) is 24.8. The highest BCUT2D eigenvalue weighted by molar-refractivity contribution is 7.98. The summed E-state index contributed by atoms with van der Waals surface area (Å²) in [5.41, 5.74) is 2.95. The highest BCUT2D eigenvalue weighted by Crippen LogP contribution is 2.34. The number of carbonyl (C=O) groups is 1. The summed E-state index contributed by atoms with van der Waals surface area (Å²) in [6.07, 6.45) is -0.435. The van der Waals surface area contributed by atoms with E-state index in [2.05, 4.69) is 4.72 Å². The molecule has 0 aromatic heterocycles. The van der Waals surface area contributed by atoms with Crippen molar-refractivity contribution in [2.75, 3.05) is 19.8 Å². The van der Waals surface area contributed by atoms with Gasteiger partial charge in [-0.3, -0.25) is 0 Å². The number of sulfonamides is 1. The van der Waals surface area contributed by atoms with Crippen LogP contribution in [0, 0.1) is 0 Å². The van der Waals surface area contributed by atoms with E-state index >= 15 is 0 Å². The van der Waals surface area contributed by atoms with Crippen molar-refractivity contribution in [2.24, 2.45) is 0 Å². The van der Waals surface area contributed by atoms with Crippen molar-refractivity contribution >= 4 is 39.4 Å². The minimum absolute atomic E-state index is 0.136. The number of hydrogen-bond donors (Lipinski definition) is 2. The maximum absolute atomic E-state index is 12.9. The van der Waals surface area contributed by atoms with Gasteiger partial charge >= 0.3 is 5.97 Å². The highest BCUT2D eigenvalue weighted by atomic mass is 35.5. The van der Waals surface area contributed by atoms with Gasteiger partial charge in [0.25, 0.3) is 0 Å². The van der Waals surface area contributed by atoms with Crippen LogP contribution < -0.4 is 4.72 Å². The predicted molar refractivity (Wildman–Crippen MR) is 135 cm³/mol. The number of hydrogen-bond acceptors (Lipinski definition) is 6. The van der Waals surface area contributed by atoms with E-state index in [1.54, 1.807) is 36.0 Å². The Morgan fingerprint density at radius 3 is 2.40 bits per heavy atom. The van der Waals surface area contributed by atoms with Gasteiger partial charge in [0.15, 0.2) is 6.29 Å². The fraction of sp³-hybridized carbons (Fsp3) is 0.240. The van der Waals surface area contributed by atoms with Crippen molar-refractivity contribution < 1.29 is 27.8 Å². The summed E-state index contributed by atoms with van der Waals surface area (Å²) in [5, 5.41) is 9.35. The Labute approximate surface area is 213 Å². The molecule has 1 saturated heterocycles. The minimum Gasteiger partial charge on any atom is -0.478 e. The zero-order valence-electron chi connectivity index (χ0n) is 18.6. The number of aromatic carboxylic acids is 1. The number of ether oxygens (including phenoxy) is 2. The predicted octanol–water partition coefficient (Wildman–Crippen LogP) is 5.04. The highest BCUT2D eigenvalue weighted by Gasteiger charge is 2.22. The van der Waals surface area contributed by atoms with E-state index < -0.39 is 22.3 Å². The SMILES string of the molecule is O=C(O)c1ccc(CSC(CNS(=O)(=O)c2ccc(Cl)cc2)c2cccc(C3OCCO3)c2)cc1. The van der Waals surface area contributed by atoms with Gasteiger partial charge in [0.05, 0.1) is 23.7 Å². The normalized spacial score (nSPS) is 15.2. The molecular formula is C25H24ClNO6S2. The molecule has 1 heterocycles. The van der Waals surface area contributed by atoms with Crippen LogP contribution in [0.5, 0.6) is 0 Å². The second-order valence-corrected chi connectivity index (χ2v) is 11.2. The van der Waals surface area contributed by atoms with Gasteiger partial charge in [0.2, 0.25) is 10.0 Å². The van der Waals surface area contributed by atoms with Crippen molar-refractivity contribution in [1.82, 2.24) is 4.72 Å². The molecule has 0 radical (unpaired) electrons. The molecule has 1 aliphatic rings. The van der Waals surface area contributed by atoms with Crippen molar-refractivity contribution in [2.45, 2.75) is 22.2 Å². The van der Waals surface area contributed by atoms with Crippen LogP contribution in [0.1, 0.15) is 38.6 Å². The lowest BCUT2D eigenvalue weighted by Crippen LogP contribution is -2.27. The molecule has 0 aliphatic carbocycles. The molecule has 184 valence electrons. The molecule has 1 unspecified atom stereocenters. The van der Waals surface area contributed by atoms with E-state index in [1.165, 1.54) is 24.3 Å². The van der Waals surface area contributed by atoms with Crippen LogP contribution in [0.3, 0.4) is 0 Å². The van der Waals surface area contributed by atoms with Crippen LogP contribution >= 0.6 is 23.4 Å². The van der Waals surface area contributed by atoms with E-state index in [-0.39, 0.29) is 22.3 Å². The van der Waals surface area contributed by atoms with Crippen LogP contribution in [-0.4, -0.2) is 39.3 Å². The van der Waals surface area contributed by atoms with Gasteiger partial charge in [-0.15, -0.1) is 11.8 Å². The zero-order valence-corrected chi connectivity index (χ0v) is 21.0. The Hall–Kier alpha value is -2.40. The first-order chi connectivity index (χ1) is 16.8. The summed E-state index contributed by atoms with van der Waals surface area (Å²) in [4.78, 5) is 11.3. The van der Waals surface area contributed by atoms with Crippen LogP contribution in [0.4, 0.5) is 0 Å². The van der Waals surface area contributed by atoms with Gasteiger partial charge < -0.3 is 14.6 Å². The number of carboxylic acid groups (broad SMARTS) is 1. The van der Waals surface area contributed by atoms with Gasteiger partial charge in [-0.25, -0.2) is 17.9 Å². The molecule has 0 saturated carbocycles. The van der Waals surface area contributed by atoms with Crippen molar-refractivity contribution in [3.63, 3.8) is 0 Å². The number of benzene rings is 3. The third kappa shape index (κ3) is 6.84. The Morgan fingerprint density at radius 2 is 1.74 bits per heavy atom.